The van der Waals surface area contributed by atoms with Gasteiger partial charge in [-0.25, -0.2) is 15.0 Å². The summed E-state index contributed by atoms with van der Waals surface area (Å²) in [6.45, 7) is 0. The molecule has 1 aromatic heterocycles. The van der Waals surface area contributed by atoms with E-state index in [-0.39, 0.29) is 11.6 Å². The number of nitrogens with zero attached hydrogens (tertiary/aromatic N) is 3. The van der Waals surface area contributed by atoms with E-state index in [1.807, 2.05) is 12.1 Å². The molecule has 0 saturated carbocycles. The third-order valence-electron chi connectivity index (χ3n) is 2.95. The van der Waals surface area contributed by atoms with Gasteiger partial charge in [0.05, 0.1) is 0 Å². The Bertz CT molecular complexity index is 777. The fourth-order valence-electron chi connectivity index (χ4n) is 1.93. The first-order chi connectivity index (χ1) is 10.5. The van der Waals surface area contributed by atoms with Crippen molar-refractivity contribution in [1.82, 2.24) is 15.0 Å². The second kappa shape index (κ2) is 5.77. The average molecular weight is 313 g/mol. The molecule has 110 valence electrons. The number of rotatable bonds is 3. The minimum absolute atomic E-state index is 0.229. The molecule has 22 heavy (non-hydrogen) atoms. The van der Waals surface area contributed by atoms with Gasteiger partial charge in [0.25, 0.3) is 0 Å². The van der Waals surface area contributed by atoms with Crippen LogP contribution in [-0.4, -0.2) is 24.7 Å². The Kier molecular flexibility index (Phi) is 3.81. The van der Waals surface area contributed by atoms with Gasteiger partial charge in [0.2, 0.25) is 5.57 Å². The summed E-state index contributed by atoms with van der Waals surface area (Å²) in [5, 5.41) is 0. The van der Waals surface area contributed by atoms with Crippen LogP contribution in [-0.2, 0) is 4.57 Å². The Morgan fingerprint density at radius 2 is 1.09 bits per heavy atom. The lowest BCUT2D eigenvalue weighted by Crippen LogP contribution is -2.17. The van der Waals surface area contributed by atoms with Gasteiger partial charge in [0.1, 0.15) is 0 Å². The fourth-order valence-corrected chi connectivity index (χ4v) is 2.38. The second-order valence-electron chi connectivity index (χ2n) is 4.56. The van der Waals surface area contributed by atoms with E-state index in [0.29, 0.717) is 11.1 Å². The van der Waals surface area contributed by atoms with Crippen molar-refractivity contribution in [3.63, 3.8) is 0 Å². The summed E-state index contributed by atoms with van der Waals surface area (Å²) in [6, 6.07) is 18.0. The zero-order valence-electron chi connectivity index (χ0n) is 11.4. The van der Waals surface area contributed by atoms with Crippen LogP contribution in [0.4, 0.5) is 0 Å². The van der Waals surface area contributed by atoms with Crippen molar-refractivity contribution in [2.75, 3.05) is 0 Å². The summed E-state index contributed by atoms with van der Waals surface area (Å²) in [4.78, 5) is 30.9. The SMILES string of the molecule is O=P(O)(O)c1nc(-c2ccccc2)nc(-c2ccccc2)n1. The molecule has 0 amide bonds. The molecule has 0 radical (unpaired) electrons. The van der Waals surface area contributed by atoms with Crippen LogP contribution in [0, 0.1) is 0 Å². The third-order valence-corrected chi connectivity index (χ3v) is 3.67. The Hall–Kier alpha value is -2.40. The molecule has 0 fully saturated rings. The largest absolute Gasteiger partial charge is 0.393 e. The summed E-state index contributed by atoms with van der Waals surface area (Å²) >= 11 is 0. The predicted octanol–water partition coefficient (Wildman–Crippen LogP) is 2.01. The molecular formula is C15H12N3O3P. The maximum absolute atomic E-state index is 11.5. The Labute approximate surface area is 126 Å². The summed E-state index contributed by atoms with van der Waals surface area (Å²) < 4.78 is 11.5. The van der Waals surface area contributed by atoms with Gasteiger partial charge >= 0.3 is 7.60 Å². The van der Waals surface area contributed by atoms with Crippen LogP contribution >= 0.6 is 7.60 Å². The van der Waals surface area contributed by atoms with Crippen LogP contribution in [0.3, 0.4) is 0 Å². The molecule has 0 aliphatic carbocycles. The van der Waals surface area contributed by atoms with Crippen molar-refractivity contribution >= 4 is 13.2 Å². The number of aromatic nitrogens is 3. The fraction of sp³-hybridized carbons (Fsp3) is 0. The van der Waals surface area contributed by atoms with Gasteiger partial charge in [0.15, 0.2) is 11.6 Å². The predicted molar refractivity (Wildman–Crippen MR) is 82.4 cm³/mol. The van der Waals surface area contributed by atoms with Crippen LogP contribution < -0.4 is 5.57 Å². The van der Waals surface area contributed by atoms with E-state index >= 15 is 0 Å². The number of hydrogen-bond acceptors (Lipinski definition) is 4. The zero-order valence-corrected chi connectivity index (χ0v) is 12.3. The summed E-state index contributed by atoms with van der Waals surface area (Å²) in [5.41, 5.74) is 0.800. The van der Waals surface area contributed by atoms with E-state index in [9.17, 15) is 14.4 Å². The second-order valence-corrected chi connectivity index (χ2v) is 6.05. The van der Waals surface area contributed by atoms with Crippen molar-refractivity contribution in [2.24, 2.45) is 0 Å². The molecule has 0 atom stereocenters. The molecule has 2 N–H and O–H groups in total. The van der Waals surface area contributed by atoms with E-state index in [2.05, 4.69) is 15.0 Å². The summed E-state index contributed by atoms with van der Waals surface area (Å²) in [5.74, 6) is 0.459. The molecule has 0 saturated heterocycles. The monoisotopic (exact) mass is 313 g/mol. The molecule has 3 rings (SSSR count). The third kappa shape index (κ3) is 3.09. The van der Waals surface area contributed by atoms with Crippen LogP contribution in [0.1, 0.15) is 0 Å². The summed E-state index contributed by atoms with van der Waals surface area (Å²) in [6.07, 6.45) is 0. The molecule has 6 nitrogen and oxygen atoms in total. The van der Waals surface area contributed by atoms with Gasteiger partial charge in [-0.2, -0.15) is 0 Å². The zero-order chi connectivity index (χ0) is 15.6. The molecule has 1 heterocycles. The van der Waals surface area contributed by atoms with Gasteiger partial charge < -0.3 is 9.79 Å². The molecule has 0 unspecified atom stereocenters. The lowest BCUT2D eigenvalue weighted by Gasteiger charge is -2.08. The minimum Gasteiger partial charge on any atom is -0.319 e. The van der Waals surface area contributed by atoms with E-state index in [0.717, 1.165) is 0 Å². The van der Waals surface area contributed by atoms with Crippen LogP contribution in [0.15, 0.2) is 60.7 Å². The highest BCUT2D eigenvalue weighted by Gasteiger charge is 2.24. The van der Waals surface area contributed by atoms with E-state index in [4.69, 9.17) is 0 Å². The smallest absolute Gasteiger partial charge is 0.319 e. The maximum atomic E-state index is 11.5. The van der Waals surface area contributed by atoms with Crippen molar-refractivity contribution in [3.8, 4) is 22.8 Å². The van der Waals surface area contributed by atoms with Crippen molar-refractivity contribution in [1.29, 1.82) is 0 Å². The molecule has 7 heteroatoms. The highest BCUT2D eigenvalue weighted by atomic mass is 31.2. The van der Waals surface area contributed by atoms with Crippen LogP contribution in [0.25, 0.3) is 22.8 Å². The van der Waals surface area contributed by atoms with Gasteiger partial charge in [-0.1, -0.05) is 60.7 Å². The summed E-state index contributed by atoms with van der Waals surface area (Å²) in [7, 11) is -4.58. The van der Waals surface area contributed by atoms with Crippen molar-refractivity contribution in [2.45, 2.75) is 0 Å². The number of benzene rings is 2. The Balaban J connectivity index is 2.21. The molecule has 0 spiro atoms. The van der Waals surface area contributed by atoms with Crippen molar-refractivity contribution in [3.05, 3.63) is 60.7 Å². The highest BCUT2D eigenvalue weighted by Crippen LogP contribution is 2.32. The first-order valence-corrected chi connectivity index (χ1v) is 8.08. The van der Waals surface area contributed by atoms with Gasteiger partial charge in [-0.05, 0) is 0 Å². The molecule has 0 bridgehead atoms. The Morgan fingerprint density at radius 1 is 0.682 bits per heavy atom. The lowest BCUT2D eigenvalue weighted by atomic mass is 10.2. The first-order valence-electron chi connectivity index (χ1n) is 6.47. The molecule has 0 aliphatic heterocycles. The normalized spacial score (nSPS) is 11.4. The highest BCUT2D eigenvalue weighted by molar-refractivity contribution is 7.59. The minimum atomic E-state index is -4.58. The quantitative estimate of drug-likeness (QED) is 0.718. The first kappa shape index (κ1) is 14.5. The van der Waals surface area contributed by atoms with Crippen molar-refractivity contribution < 1.29 is 14.4 Å². The van der Waals surface area contributed by atoms with E-state index in [1.54, 1.807) is 48.5 Å². The molecular weight excluding hydrogens is 301 g/mol. The van der Waals surface area contributed by atoms with E-state index < -0.39 is 13.2 Å². The molecule has 3 aromatic rings. The van der Waals surface area contributed by atoms with Gasteiger partial charge in [-0.3, -0.25) is 4.57 Å². The number of hydrogen-bond donors (Lipinski definition) is 2. The topological polar surface area (TPSA) is 96.2 Å². The van der Waals surface area contributed by atoms with Gasteiger partial charge in [-0.15, -0.1) is 0 Å². The average Bonchev–Trinajstić information content (AvgIpc) is 2.55. The van der Waals surface area contributed by atoms with Crippen LogP contribution in [0.2, 0.25) is 0 Å². The maximum Gasteiger partial charge on any atom is 0.393 e. The van der Waals surface area contributed by atoms with E-state index in [1.165, 1.54) is 0 Å². The lowest BCUT2D eigenvalue weighted by molar-refractivity contribution is 0.385. The standard InChI is InChI=1S/C15H12N3O3P/c19-22(20,21)15-17-13(11-7-3-1-4-8-11)16-14(18-15)12-9-5-2-6-10-12/h1-10H,(H2,19,20,21). The van der Waals surface area contributed by atoms with Crippen LogP contribution in [0.5, 0.6) is 0 Å². The van der Waals surface area contributed by atoms with Gasteiger partial charge in [0, 0.05) is 11.1 Å². The molecule has 0 aliphatic rings. The Morgan fingerprint density at radius 3 is 1.45 bits per heavy atom. The molecule has 2 aromatic carbocycles.